The molecule has 0 spiro atoms. The number of halogens is 1. The Hall–Kier alpha value is -1.73. The number of benzene rings is 1. The van der Waals surface area contributed by atoms with Crippen LogP contribution in [0.25, 0.3) is 0 Å². The number of aromatic nitrogens is 1. The van der Waals surface area contributed by atoms with E-state index in [4.69, 9.17) is 4.28 Å². The van der Waals surface area contributed by atoms with Gasteiger partial charge in [-0.05, 0) is 60.3 Å². The first-order chi connectivity index (χ1) is 11.0. The van der Waals surface area contributed by atoms with Crippen LogP contribution in [0, 0.1) is 6.92 Å². The molecule has 23 heavy (non-hydrogen) atoms. The Morgan fingerprint density at radius 3 is 2.70 bits per heavy atom. The maximum atomic E-state index is 12.2. The van der Waals surface area contributed by atoms with Crippen LogP contribution < -0.4 is 0 Å². The maximum Gasteiger partial charge on any atom is 0.358 e. The Balaban J connectivity index is 1.89. The van der Waals surface area contributed by atoms with Crippen LogP contribution >= 0.6 is 15.9 Å². The molecule has 0 saturated carbocycles. The van der Waals surface area contributed by atoms with Gasteiger partial charge in [0.05, 0.1) is 5.71 Å². The van der Waals surface area contributed by atoms with Crippen molar-refractivity contribution in [1.29, 1.82) is 0 Å². The smallest absolute Gasteiger partial charge is 0.264 e. The summed E-state index contributed by atoms with van der Waals surface area (Å²) in [6.07, 6.45) is 4.11. The molecule has 5 nitrogen and oxygen atoms in total. The molecule has 1 aromatic heterocycles. The monoisotopic (exact) mass is 394 g/mol. The predicted molar refractivity (Wildman–Crippen MR) is 90.9 cm³/mol. The van der Waals surface area contributed by atoms with E-state index in [1.807, 2.05) is 13.0 Å². The molecular formula is C16H15BrN2O3S. The molecule has 7 heteroatoms. The normalized spacial score (nSPS) is 16.2. The molecule has 0 N–H and O–H groups in total. The van der Waals surface area contributed by atoms with E-state index < -0.39 is 10.1 Å². The Morgan fingerprint density at radius 1 is 1.22 bits per heavy atom. The van der Waals surface area contributed by atoms with Crippen molar-refractivity contribution in [2.45, 2.75) is 31.1 Å². The zero-order valence-electron chi connectivity index (χ0n) is 12.5. The molecule has 0 saturated heterocycles. The van der Waals surface area contributed by atoms with Crippen LogP contribution in [0.15, 0.2) is 51.1 Å². The maximum absolute atomic E-state index is 12.2. The Bertz CT molecular complexity index is 861. The van der Waals surface area contributed by atoms with Gasteiger partial charge in [-0.25, -0.2) is 0 Å². The molecular weight excluding hydrogens is 380 g/mol. The highest BCUT2D eigenvalue weighted by Crippen LogP contribution is 2.24. The minimum Gasteiger partial charge on any atom is -0.264 e. The largest absolute Gasteiger partial charge is 0.358 e. The average molecular weight is 395 g/mol. The molecule has 120 valence electrons. The molecule has 1 aromatic carbocycles. The molecule has 0 unspecified atom stereocenters. The van der Waals surface area contributed by atoms with Gasteiger partial charge in [0.1, 0.15) is 4.90 Å². The summed E-state index contributed by atoms with van der Waals surface area (Å²) in [6, 6.07) is 8.36. The van der Waals surface area contributed by atoms with Crippen LogP contribution in [0.3, 0.4) is 0 Å². The number of aryl methyl sites for hydroxylation is 2. The van der Waals surface area contributed by atoms with Crippen molar-refractivity contribution in [3.8, 4) is 0 Å². The zero-order valence-corrected chi connectivity index (χ0v) is 14.9. The van der Waals surface area contributed by atoms with E-state index in [0.29, 0.717) is 12.1 Å². The Kier molecular flexibility index (Phi) is 4.50. The fourth-order valence-electron chi connectivity index (χ4n) is 2.41. The lowest BCUT2D eigenvalue weighted by atomic mass is 9.94. The van der Waals surface area contributed by atoms with E-state index >= 15 is 0 Å². The second-order valence-electron chi connectivity index (χ2n) is 5.38. The van der Waals surface area contributed by atoms with Crippen molar-refractivity contribution in [3.05, 3.63) is 57.8 Å². The van der Waals surface area contributed by atoms with Crippen LogP contribution in [0.1, 0.15) is 29.7 Å². The topological polar surface area (TPSA) is 68.6 Å². The first-order valence-corrected chi connectivity index (χ1v) is 9.38. The molecule has 3 rings (SSSR count). The average Bonchev–Trinajstić information content (AvgIpc) is 2.53. The highest BCUT2D eigenvalue weighted by Gasteiger charge is 2.20. The fraction of sp³-hybridized carbons (Fsp3) is 0.250. The number of rotatable bonds is 3. The molecule has 1 aliphatic carbocycles. The third kappa shape index (κ3) is 3.61. The minimum atomic E-state index is -3.91. The van der Waals surface area contributed by atoms with Crippen LogP contribution in [-0.2, 0) is 20.8 Å². The van der Waals surface area contributed by atoms with Crippen molar-refractivity contribution < 1.29 is 12.7 Å². The molecule has 0 bridgehead atoms. The Labute approximate surface area is 143 Å². The molecule has 1 aliphatic rings. The van der Waals surface area contributed by atoms with Gasteiger partial charge < -0.3 is 0 Å². The van der Waals surface area contributed by atoms with Gasteiger partial charge in [-0.15, -0.1) is 0 Å². The Morgan fingerprint density at radius 2 is 1.96 bits per heavy atom. The second kappa shape index (κ2) is 6.41. The van der Waals surface area contributed by atoms with Gasteiger partial charge in [-0.2, -0.15) is 8.42 Å². The summed E-state index contributed by atoms with van der Waals surface area (Å²) in [6.45, 7) is 1.89. The lowest BCUT2D eigenvalue weighted by Gasteiger charge is -2.16. The highest BCUT2D eigenvalue weighted by atomic mass is 79.9. The first-order valence-electron chi connectivity index (χ1n) is 7.18. The van der Waals surface area contributed by atoms with Gasteiger partial charge in [-0.1, -0.05) is 22.9 Å². The predicted octanol–water partition coefficient (Wildman–Crippen LogP) is 3.60. The second-order valence-corrected chi connectivity index (χ2v) is 7.83. The van der Waals surface area contributed by atoms with Crippen molar-refractivity contribution in [3.63, 3.8) is 0 Å². The number of nitrogens with zero attached hydrogens (tertiary/aromatic N) is 2. The van der Waals surface area contributed by atoms with E-state index in [1.54, 1.807) is 18.3 Å². The number of hydrogen-bond acceptors (Lipinski definition) is 5. The van der Waals surface area contributed by atoms with Crippen molar-refractivity contribution in [1.82, 2.24) is 4.98 Å². The molecule has 1 heterocycles. The van der Waals surface area contributed by atoms with Crippen LogP contribution in [0.4, 0.5) is 0 Å². The van der Waals surface area contributed by atoms with Gasteiger partial charge in [0.25, 0.3) is 0 Å². The van der Waals surface area contributed by atoms with Gasteiger partial charge in [0, 0.05) is 21.9 Å². The van der Waals surface area contributed by atoms with Gasteiger partial charge in [-0.3, -0.25) is 9.27 Å². The highest BCUT2D eigenvalue weighted by molar-refractivity contribution is 9.10. The number of fused-ring (bicyclic) bond motifs is 1. The van der Waals surface area contributed by atoms with E-state index in [2.05, 4.69) is 26.1 Å². The van der Waals surface area contributed by atoms with E-state index in [-0.39, 0.29) is 4.90 Å². The summed E-state index contributed by atoms with van der Waals surface area (Å²) < 4.78 is 30.2. The molecule has 0 amide bonds. The quantitative estimate of drug-likeness (QED) is 0.745. The molecule has 0 fully saturated rings. The third-order valence-corrected chi connectivity index (χ3v) is 5.18. The van der Waals surface area contributed by atoms with Crippen LogP contribution in [0.5, 0.6) is 0 Å². The van der Waals surface area contributed by atoms with E-state index in [1.165, 1.54) is 12.1 Å². The SMILES string of the molecule is Cc1ccc(S(=O)(=O)ON=C2CCCc3ncc(Br)cc32)cc1. The zero-order chi connectivity index (χ0) is 16.4. The summed E-state index contributed by atoms with van der Waals surface area (Å²) in [5.41, 5.74) is 3.34. The lowest BCUT2D eigenvalue weighted by Crippen LogP contribution is -2.15. The standard InChI is InChI=1S/C16H15BrN2O3S/c1-11-5-7-13(8-6-11)23(20,21)22-19-16-4-2-3-15-14(16)9-12(17)10-18-15/h5-10H,2-4H2,1H3. The van der Waals surface area contributed by atoms with Crippen LogP contribution in [-0.4, -0.2) is 19.1 Å². The number of pyridine rings is 1. The summed E-state index contributed by atoms with van der Waals surface area (Å²) >= 11 is 3.38. The summed E-state index contributed by atoms with van der Waals surface area (Å²) in [5.74, 6) is 0. The summed E-state index contributed by atoms with van der Waals surface area (Å²) in [4.78, 5) is 4.44. The third-order valence-electron chi connectivity index (χ3n) is 3.63. The van der Waals surface area contributed by atoms with E-state index in [9.17, 15) is 8.42 Å². The van der Waals surface area contributed by atoms with Crippen molar-refractivity contribution >= 4 is 31.8 Å². The first kappa shape index (κ1) is 16.1. The van der Waals surface area contributed by atoms with Crippen LogP contribution in [0.2, 0.25) is 0 Å². The van der Waals surface area contributed by atoms with Crippen molar-refractivity contribution in [2.75, 3.05) is 0 Å². The summed E-state index contributed by atoms with van der Waals surface area (Å²) in [7, 11) is -3.91. The summed E-state index contributed by atoms with van der Waals surface area (Å²) in [5, 5.41) is 3.90. The number of hydrogen-bond donors (Lipinski definition) is 0. The fourth-order valence-corrected chi connectivity index (χ4v) is 3.49. The molecule has 2 aromatic rings. The molecule has 0 radical (unpaired) electrons. The van der Waals surface area contributed by atoms with Crippen molar-refractivity contribution in [2.24, 2.45) is 5.16 Å². The lowest BCUT2D eigenvalue weighted by molar-refractivity contribution is 0.337. The van der Waals surface area contributed by atoms with Gasteiger partial charge >= 0.3 is 10.1 Å². The molecule has 0 atom stereocenters. The minimum absolute atomic E-state index is 0.0934. The van der Waals surface area contributed by atoms with E-state index in [0.717, 1.165) is 34.1 Å². The van der Waals surface area contributed by atoms with Gasteiger partial charge in [0.2, 0.25) is 0 Å². The number of oxime groups is 1. The molecule has 0 aliphatic heterocycles. The van der Waals surface area contributed by atoms with Gasteiger partial charge in [0.15, 0.2) is 0 Å².